The van der Waals surface area contributed by atoms with Crippen molar-refractivity contribution >= 4 is 11.1 Å². The van der Waals surface area contributed by atoms with Gasteiger partial charge in [0.25, 0.3) is 0 Å². The van der Waals surface area contributed by atoms with Gasteiger partial charge < -0.3 is 4.42 Å². The van der Waals surface area contributed by atoms with Gasteiger partial charge in [0.15, 0.2) is 5.58 Å². The molecule has 0 amide bonds. The van der Waals surface area contributed by atoms with E-state index in [-0.39, 0.29) is 5.63 Å². The average Bonchev–Trinajstić information content (AvgIpc) is 2.42. The Balaban J connectivity index is 2.14. The molecule has 4 rings (SSSR count). The lowest BCUT2D eigenvalue weighted by atomic mass is 9.76. The zero-order valence-corrected chi connectivity index (χ0v) is 10.9. The summed E-state index contributed by atoms with van der Waals surface area (Å²) in [5.41, 5.74) is 5.72. The van der Waals surface area contributed by atoms with Crippen LogP contribution in [-0.4, -0.2) is 4.98 Å². The van der Waals surface area contributed by atoms with Gasteiger partial charge in [0, 0.05) is 5.92 Å². The molecule has 0 saturated heterocycles. The van der Waals surface area contributed by atoms with E-state index in [1.54, 1.807) is 6.92 Å². The molecular formula is C16H15NO2. The molecule has 3 nitrogen and oxygen atoms in total. The monoisotopic (exact) mass is 253 g/mol. The second kappa shape index (κ2) is 3.80. The van der Waals surface area contributed by atoms with E-state index in [2.05, 4.69) is 17.1 Å². The van der Waals surface area contributed by atoms with E-state index in [0.717, 1.165) is 18.4 Å². The summed E-state index contributed by atoms with van der Waals surface area (Å²) >= 11 is 0. The first-order valence-electron chi connectivity index (χ1n) is 6.87. The van der Waals surface area contributed by atoms with Gasteiger partial charge in [-0.05, 0) is 55.4 Å². The third-order valence-corrected chi connectivity index (χ3v) is 4.30. The summed E-state index contributed by atoms with van der Waals surface area (Å²) < 4.78 is 5.42. The second-order valence-electron chi connectivity index (χ2n) is 5.49. The van der Waals surface area contributed by atoms with Crippen molar-refractivity contribution in [2.24, 2.45) is 0 Å². The van der Waals surface area contributed by atoms with Gasteiger partial charge in [-0.1, -0.05) is 12.2 Å². The molecule has 3 heteroatoms. The second-order valence-corrected chi connectivity index (χ2v) is 5.49. The van der Waals surface area contributed by atoms with Crippen LogP contribution in [0.15, 0.2) is 27.4 Å². The summed E-state index contributed by atoms with van der Waals surface area (Å²) in [5, 5.41) is 0. The van der Waals surface area contributed by atoms with Crippen LogP contribution in [0.25, 0.3) is 11.1 Å². The molecule has 2 aliphatic carbocycles. The normalized spacial score (nSPS) is 20.6. The van der Waals surface area contributed by atoms with Gasteiger partial charge in [-0.2, -0.15) is 0 Å². The summed E-state index contributed by atoms with van der Waals surface area (Å²) in [6.07, 6.45) is 8.96. The van der Waals surface area contributed by atoms with Crippen molar-refractivity contribution in [2.45, 2.75) is 38.5 Å². The number of allylic oxidation sites excluding steroid dienone is 2. The van der Waals surface area contributed by atoms with Crippen molar-refractivity contribution in [2.75, 3.05) is 0 Å². The minimum Gasteiger partial charge on any atom is -0.420 e. The maximum absolute atomic E-state index is 11.6. The van der Waals surface area contributed by atoms with Crippen LogP contribution in [0, 0.1) is 6.92 Å². The molecule has 1 aromatic heterocycles. The summed E-state index contributed by atoms with van der Waals surface area (Å²) in [7, 11) is 0. The van der Waals surface area contributed by atoms with Crippen molar-refractivity contribution in [3.8, 4) is 0 Å². The minimum absolute atomic E-state index is 0.321. The summed E-state index contributed by atoms with van der Waals surface area (Å²) in [6, 6.07) is 2.04. The van der Waals surface area contributed by atoms with Crippen molar-refractivity contribution in [3.63, 3.8) is 0 Å². The van der Waals surface area contributed by atoms with Crippen molar-refractivity contribution < 1.29 is 4.42 Å². The summed E-state index contributed by atoms with van der Waals surface area (Å²) in [4.78, 5) is 16.1. The molecule has 2 aliphatic rings. The number of aryl methyl sites for hydroxylation is 2. The Morgan fingerprint density at radius 1 is 1.42 bits per heavy atom. The number of benzene rings is 1. The predicted octanol–water partition coefficient (Wildman–Crippen LogP) is 3.03. The van der Waals surface area contributed by atoms with Gasteiger partial charge in [0.2, 0.25) is 0 Å². The zero-order chi connectivity index (χ0) is 13.0. The van der Waals surface area contributed by atoms with Crippen LogP contribution < -0.4 is 5.63 Å². The highest BCUT2D eigenvalue weighted by molar-refractivity contribution is 5.80. The van der Waals surface area contributed by atoms with Gasteiger partial charge in [-0.25, -0.2) is 9.78 Å². The molecule has 1 atom stereocenters. The van der Waals surface area contributed by atoms with Gasteiger partial charge in [-0.3, -0.25) is 0 Å². The number of rotatable bonds is 0. The third-order valence-electron chi connectivity index (χ3n) is 4.30. The summed E-state index contributed by atoms with van der Waals surface area (Å²) in [5.74, 6) is 0.533. The number of hydrogen-bond donors (Lipinski definition) is 0. The smallest absolute Gasteiger partial charge is 0.357 e. The Kier molecular flexibility index (Phi) is 2.19. The van der Waals surface area contributed by atoms with Crippen LogP contribution in [0.4, 0.5) is 0 Å². The van der Waals surface area contributed by atoms with Gasteiger partial charge >= 0.3 is 5.63 Å². The maximum Gasteiger partial charge on any atom is 0.357 e. The molecule has 1 aromatic carbocycles. The zero-order valence-electron chi connectivity index (χ0n) is 10.9. The van der Waals surface area contributed by atoms with Crippen LogP contribution in [0.5, 0.6) is 0 Å². The van der Waals surface area contributed by atoms with E-state index in [0.29, 0.717) is 17.2 Å². The molecule has 19 heavy (non-hydrogen) atoms. The fourth-order valence-electron chi connectivity index (χ4n) is 3.44. The van der Waals surface area contributed by atoms with E-state index in [4.69, 9.17) is 4.42 Å². The van der Waals surface area contributed by atoms with Crippen LogP contribution >= 0.6 is 0 Å². The van der Waals surface area contributed by atoms with Crippen LogP contribution in [0.3, 0.4) is 0 Å². The van der Waals surface area contributed by atoms with Crippen molar-refractivity contribution in [1.82, 2.24) is 4.98 Å². The van der Waals surface area contributed by atoms with E-state index < -0.39 is 0 Å². The molecule has 0 fully saturated rings. The van der Waals surface area contributed by atoms with E-state index >= 15 is 0 Å². The van der Waals surface area contributed by atoms with E-state index in [1.807, 2.05) is 6.07 Å². The number of fused-ring (bicyclic) bond motifs is 2. The highest BCUT2D eigenvalue weighted by atomic mass is 16.4. The van der Waals surface area contributed by atoms with Gasteiger partial charge in [-0.15, -0.1) is 0 Å². The number of nitrogens with zero attached hydrogens (tertiary/aromatic N) is 1. The van der Waals surface area contributed by atoms with Gasteiger partial charge in [0.1, 0.15) is 11.2 Å². The number of aromatic nitrogens is 1. The van der Waals surface area contributed by atoms with Crippen LogP contribution in [-0.2, 0) is 12.8 Å². The van der Waals surface area contributed by atoms with E-state index in [1.165, 1.54) is 29.5 Å². The Morgan fingerprint density at radius 2 is 2.32 bits per heavy atom. The molecule has 1 heterocycles. The van der Waals surface area contributed by atoms with Crippen LogP contribution in [0.1, 0.15) is 41.1 Å². The molecule has 96 valence electrons. The van der Waals surface area contributed by atoms with Crippen molar-refractivity contribution in [1.29, 1.82) is 0 Å². The highest BCUT2D eigenvalue weighted by Crippen LogP contribution is 2.40. The lowest BCUT2D eigenvalue weighted by molar-refractivity contribution is 0.543. The minimum atomic E-state index is -0.321. The largest absolute Gasteiger partial charge is 0.420 e. The molecule has 2 aromatic rings. The Hall–Kier alpha value is -1.90. The first-order chi connectivity index (χ1) is 9.24. The molecule has 0 N–H and O–H groups in total. The van der Waals surface area contributed by atoms with Gasteiger partial charge in [0.05, 0.1) is 0 Å². The predicted molar refractivity (Wildman–Crippen MR) is 73.5 cm³/mol. The molecule has 0 bridgehead atoms. The molecule has 0 saturated carbocycles. The lowest BCUT2D eigenvalue weighted by Crippen LogP contribution is -2.16. The highest BCUT2D eigenvalue weighted by Gasteiger charge is 2.26. The first-order valence-corrected chi connectivity index (χ1v) is 6.87. The topological polar surface area (TPSA) is 43.1 Å². The average molecular weight is 253 g/mol. The fourth-order valence-corrected chi connectivity index (χ4v) is 3.44. The Morgan fingerprint density at radius 3 is 3.21 bits per heavy atom. The molecule has 0 spiro atoms. The Bertz CT molecular complexity index is 770. The fraction of sp³-hybridized carbons (Fsp3) is 0.375. The van der Waals surface area contributed by atoms with Crippen molar-refractivity contribution in [3.05, 3.63) is 51.0 Å². The summed E-state index contributed by atoms with van der Waals surface area (Å²) in [6.45, 7) is 1.72. The third kappa shape index (κ3) is 1.51. The molecule has 0 unspecified atom stereocenters. The SMILES string of the molecule is Cc1nc2c3c4c(cc2oc1=O)CCC[C@@H]4C=CC3. The lowest BCUT2D eigenvalue weighted by Gasteiger charge is -2.29. The molecule has 0 radical (unpaired) electrons. The molecular weight excluding hydrogens is 238 g/mol. The van der Waals surface area contributed by atoms with E-state index in [9.17, 15) is 4.79 Å². The number of hydrogen-bond acceptors (Lipinski definition) is 3. The maximum atomic E-state index is 11.6. The Labute approximate surface area is 111 Å². The standard InChI is InChI=1S/C16H15NO2/c1-9-16(18)19-13-8-11-6-2-4-10-5-3-7-12(14(10)11)15(13)17-9/h3,5,8,10H,2,4,6-7H2,1H3/t10-/m1/s1. The molecule has 0 aliphatic heterocycles. The quantitative estimate of drug-likeness (QED) is 0.678. The first kappa shape index (κ1) is 11.0. The van der Waals surface area contributed by atoms with Crippen LogP contribution in [0.2, 0.25) is 0 Å².